The third-order valence-electron chi connectivity index (χ3n) is 6.83. The molecule has 4 nitrogen and oxygen atoms in total. The van der Waals surface area contributed by atoms with E-state index in [-0.39, 0.29) is 6.10 Å². The Morgan fingerprint density at radius 1 is 0.897 bits per heavy atom. The summed E-state index contributed by atoms with van der Waals surface area (Å²) >= 11 is 0. The normalized spacial score (nSPS) is 18.0. The maximum absolute atomic E-state index is 9.29. The summed E-state index contributed by atoms with van der Waals surface area (Å²) in [5.74, 6) is 0. The SMILES string of the molecule is CC(C)[Si](C)(C)CCCOCC1CO1.CCC(O)COCCC[Si](C)(C)C(C)C. The van der Waals surface area contributed by atoms with Crippen LogP contribution in [0.5, 0.6) is 0 Å². The molecule has 1 fully saturated rings. The van der Waals surface area contributed by atoms with Crippen molar-refractivity contribution >= 4 is 16.1 Å². The smallest absolute Gasteiger partial charge is 0.104 e. The van der Waals surface area contributed by atoms with Crippen LogP contribution in [0, 0.1) is 0 Å². The number of rotatable bonds is 15. The molecule has 1 heterocycles. The fourth-order valence-electron chi connectivity index (χ4n) is 2.55. The second-order valence-electron chi connectivity index (χ2n) is 10.7. The molecule has 29 heavy (non-hydrogen) atoms. The average Bonchev–Trinajstić information content (AvgIpc) is 3.45. The molecule has 0 aromatic heterocycles. The molecule has 0 bridgehead atoms. The van der Waals surface area contributed by atoms with Crippen LogP contribution in [-0.2, 0) is 14.2 Å². The van der Waals surface area contributed by atoms with Gasteiger partial charge in [-0.1, -0.05) is 84.0 Å². The lowest BCUT2D eigenvalue weighted by atomic mass is 10.3. The van der Waals surface area contributed by atoms with Gasteiger partial charge in [-0.2, -0.15) is 0 Å². The Hall–Kier alpha value is 0.274. The van der Waals surface area contributed by atoms with Gasteiger partial charge in [-0.15, -0.1) is 0 Å². The van der Waals surface area contributed by atoms with Crippen LogP contribution in [0.2, 0.25) is 49.4 Å². The van der Waals surface area contributed by atoms with Gasteiger partial charge < -0.3 is 19.3 Å². The summed E-state index contributed by atoms with van der Waals surface area (Å²) in [6.07, 6.45) is 3.30. The number of ether oxygens (including phenoxy) is 3. The van der Waals surface area contributed by atoms with E-state index in [0.717, 1.165) is 50.4 Å². The standard InChI is InChI=1S/C12H28O2Si.C11H24O2Si/c1-6-12(13)10-14-8-7-9-15(4,5)11(2)3;1-10(2)14(3,4)7-5-6-12-8-11-9-13-11/h11-13H,6-10H2,1-5H3;10-11H,5-9H2,1-4H3. The fourth-order valence-corrected chi connectivity index (χ4v) is 5.82. The zero-order valence-electron chi connectivity index (χ0n) is 21.1. The second-order valence-corrected chi connectivity index (χ2v) is 21.9. The molecule has 2 unspecified atom stereocenters. The summed E-state index contributed by atoms with van der Waals surface area (Å²) in [6, 6.07) is 2.71. The fraction of sp³-hybridized carbons (Fsp3) is 1.00. The van der Waals surface area contributed by atoms with Crippen molar-refractivity contribution in [3.63, 3.8) is 0 Å². The van der Waals surface area contributed by atoms with Crippen LogP contribution in [0.1, 0.15) is 53.9 Å². The minimum Gasteiger partial charge on any atom is -0.391 e. The van der Waals surface area contributed by atoms with Crippen LogP contribution in [0.3, 0.4) is 0 Å². The molecule has 1 saturated heterocycles. The van der Waals surface area contributed by atoms with E-state index in [0.29, 0.717) is 12.7 Å². The van der Waals surface area contributed by atoms with Gasteiger partial charge in [0.25, 0.3) is 0 Å². The van der Waals surface area contributed by atoms with Gasteiger partial charge in [-0.05, 0) is 19.3 Å². The first-order valence-corrected chi connectivity index (χ1v) is 18.4. The van der Waals surface area contributed by atoms with E-state index >= 15 is 0 Å². The van der Waals surface area contributed by atoms with Crippen LogP contribution in [0.15, 0.2) is 0 Å². The number of hydrogen-bond donors (Lipinski definition) is 1. The van der Waals surface area contributed by atoms with Crippen LogP contribution in [0.25, 0.3) is 0 Å². The van der Waals surface area contributed by atoms with Gasteiger partial charge in [0, 0.05) is 29.4 Å². The van der Waals surface area contributed by atoms with Gasteiger partial charge >= 0.3 is 0 Å². The number of aliphatic hydroxyl groups excluding tert-OH is 1. The predicted molar refractivity (Wildman–Crippen MR) is 132 cm³/mol. The van der Waals surface area contributed by atoms with Crippen molar-refractivity contribution < 1.29 is 19.3 Å². The van der Waals surface area contributed by atoms with Gasteiger partial charge in [0.15, 0.2) is 0 Å². The van der Waals surface area contributed by atoms with Gasteiger partial charge in [0.05, 0.1) is 25.9 Å². The van der Waals surface area contributed by atoms with Crippen LogP contribution in [0.4, 0.5) is 0 Å². The number of aliphatic hydroxyl groups is 1. The van der Waals surface area contributed by atoms with E-state index in [1.54, 1.807) is 0 Å². The summed E-state index contributed by atoms with van der Waals surface area (Å²) in [5.41, 5.74) is 1.73. The lowest BCUT2D eigenvalue weighted by Gasteiger charge is -2.26. The summed E-state index contributed by atoms with van der Waals surface area (Å²) in [4.78, 5) is 0. The first-order chi connectivity index (χ1) is 13.4. The van der Waals surface area contributed by atoms with Crippen molar-refractivity contribution in [2.75, 3.05) is 33.0 Å². The molecule has 0 spiro atoms. The summed E-state index contributed by atoms with van der Waals surface area (Å²) in [6.45, 7) is 25.1. The summed E-state index contributed by atoms with van der Waals surface area (Å²) < 4.78 is 16.0. The Bertz CT molecular complexity index is 396. The summed E-state index contributed by atoms with van der Waals surface area (Å²) in [7, 11) is -1.96. The van der Waals surface area contributed by atoms with E-state index in [9.17, 15) is 5.11 Å². The molecule has 0 amide bonds. The molecule has 1 N–H and O–H groups in total. The Labute approximate surface area is 184 Å². The molecular weight excluding hydrogens is 396 g/mol. The van der Waals surface area contributed by atoms with E-state index in [1.165, 1.54) is 18.5 Å². The molecule has 0 aromatic carbocycles. The Balaban J connectivity index is 0.000000541. The highest BCUT2D eigenvalue weighted by Gasteiger charge is 2.25. The monoisotopic (exact) mass is 448 g/mol. The molecule has 0 saturated carbocycles. The third kappa shape index (κ3) is 15.7. The van der Waals surface area contributed by atoms with Crippen molar-refractivity contribution in [1.29, 1.82) is 0 Å². The quantitative estimate of drug-likeness (QED) is 0.184. The van der Waals surface area contributed by atoms with Crippen molar-refractivity contribution in [2.24, 2.45) is 0 Å². The molecule has 0 aliphatic carbocycles. The minimum absolute atomic E-state index is 0.277. The highest BCUT2D eigenvalue weighted by Crippen LogP contribution is 2.26. The minimum atomic E-state index is -1.01. The Kier molecular flexibility index (Phi) is 15.3. The summed E-state index contributed by atoms with van der Waals surface area (Å²) in [5, 5.41) is 9.29. The molecule has 1 aliphatic rings. The number of epoxide rings is 1. The second kappa shape index (κ2) is 15.1. The molecular formula is C23H52O4Si2. The first-order valence-electron chi connectivity index (χ1n) is 11.9. The predicted octanol–water partition coefficient (Wildman–Crippen LogP) is 6.19. The van der Waals surface area contributed by atoms with Crippen LogP contribution < -0.4 is 0 Å². The molecule has 0 radical (unpaired) electrons. The van der Waals surface area contributed by atoms with Crippen molar-refractivity contribution in [1.82, 2.24) is 0 Å². The van der Waals surface area contributed by atoms with Gasteiger partial charge in [0.1, 0.15) is 6.10 Å². The van der Waals surface area contributed by atoms with Crippen LogP contribution >= 0.6 is 0 Å². The Morgan fingerprint density at radius 2 is 1.34 bits per heavy atom. The van der Waals surface area contributed by atoms with E-state index in [4.69, 9.17) is 14.2 Å². The number of hydrogen-bond acceptors (Lipinski definition) is 4. The van der Waals surface area contributed by atoms with Gasteiger partial charge in [-0.3, -0.25) is 0 Å². The van der Waals surface area contributed by atoms with Crippen molar-refractivity contribution in [3.8, 4) is 0 Å². The van der Waals surface area contributed by atoms with Crippen molar-refractivity contribution in [2.45, 2.75) is 115 Å². The molecule has 0 aromatic rings. The van der Waals surface area contributed by atoms with Gasteiger partial charge in [-0.25, -0.2) is 0 Å². The van der Waals surface area contributed by atoms with Crippen molar-refractivity contribution in [3.05, 3.63) is 0 Å². The maximum Gasteiger partial charge on any atom is 0.104 e. The van der Waals surface area contributed by atoms with E-state index in [2.05, 4.69) is 53.9 Å². The maximum atomic E-state index is 9.29. The highest BCUT2D eigenvalue weighted by atomic mass is 28.3. The molecule has 6 heteroatoms. The molecule has 1 rings (SSSR count). The lowest BCUT2D eigenvalue weighted by molar-refractivity contribution is 0.0353. The zero-order chi connectivity index (χ0) is 22.5. The largest absolute Gasteiger partial charge is 0.391 e. The Morgan fingerprint density at radius 3 is 1.72 bits per heavy atom. The topological polar surface area (TPSA) is 51.2 Å². The molecule has 2 atom stereocenters. The zero-order valence-corrected chi connectivity index (χ0v) is 23.1. The van der Waals surface area contributed by atoms with Crippen LogP contribution in [-0.4, -0.2) is 66.5 Å². The third-order valence-corrected chi connectivity index (χ3v) is 16.4. The molecule has 1 aliphatic heterocycles. The lowest BCUT2D eigenvalue weighted by Crippen LogP contribution is -2.29. The average molecular weight is 449 g/mol. The highest BCUT2D eigenvalue weighted by molar-refractivity contribution is 6.79. The molecule has 176 valence electrons. The van der Waals surface area contributed by atoms with E-state index in [1.807, 2.05) is 6.92 Å². The van der Waals surface area contributed by atoms with E-state index < -0.39 is 16.1 Å². The first kappa shape index (κ1) is 29.3. The van der Waals surface area contributed by atoms with Gasteiger partial charge in [0.2, 0.25) is 0 Å².